The molecular formula is C21H25IN4O4. The molecule has 0 spiro atoms. The van der Waals surface area contributed by atoms with E-state index < -0.39 is 18.2 Å². The lowest BCUT2D eigenvalue weighted by Crippen LogP contribution is -2.43. The maximum Gasteiger partial charge on any atom is 0.407 e. The fourth-order valence-electron chi connectivity index (χ4n) is 3.62. The van der Waals surface area contributed by atoms with Crippen molar-refractivity contribution in [1.29, 1.82) is 0 Å². The summed E-state index contributed by atoms with van der Waals surface area (Å²) in [7, 11) is 0. The highest BCUT2D eigenvalue weighted by molar-refractivity contribution is 14.1. The molecule has 1 aromatic heterocycles. The Hall–Kier alpha value is -2.11. The smallest absolute Gasteiger partial charge is 0.407 e. The number of aliphatic hydroxyl groups is 1. The van der Waals surface area contributed by atoms with Crippen molar-refractivity contribution in [3.05, 3.63) is 51.6 Å². The lowest BCUT2D eigenvalue weighted by molar-refractivity contribution is 0.118. The molecule has 2 unspecified atom stereocenters. The number of rotatable bonds is 5. The van der Waals surface area contributed by atoms with Gasteiger partial charge >= 0.3 is 6.09 Å². The summed E-state index contributed by atoms with van der Waals surface area (Å²) in [5.41, 5.74) is 0.917. The monoisotopic (exact) mass is 524 g/mol. The van der Waals surface area contributed by atoms with Crippen LogP contribution in [0.3, 0.4) is 0 Å². The minimum absolute atomic E-state index is 0.195. The number of alkyl carbamates (subject to hydrolysis) is 1. The van der Waals surface area contributed by atoms with E-state index in [1.54, 1.807) is 0 Å². The molecular weight excluding hydrogens is 499 g/mol. The van der Waals surface area contributed by atoms with Gasteiger partial charge in [0.25, 0.3) is 0 Å². The maximum absolute atomic E-state index is 12.2. The van der Waals surface area contributed by atoms with E-state index in [0.29, 0.717) is 26.3 Å². The zero-order chi connectivity index (χ0) is 20.9. The van der Waals surface area contributed by atoms with Crippen LogP contribution in [0.25, 0.3) is 0 Å². The molecule has 1 aromatic carbocycles. The molecule has 0 saturated carbocycles. The third-order valence-electron chi connectivity index (χ3n) is 5.23. The number of benzene rings is 1. The van der Waals surface area contributed by atoms with Crippen molar-refractivity contribution in [3.63, 3.8) is 0 Å². The van der Waals surface area contributed by atoms with E-state index >= 15 is 0 Å². The van der Waals surface area contributed by atoms with Crippen molar-refractivity contribution in [2.45, 2.75) is 18.8 Å². The summed E-state index contributed by atoms with van der Waals surface area (Å²) in [6.45, 7) is 4.08. The summed E-state index contributed by atoms with van der Waals surface area (Å²) in [5.74, 6) is 1.71. The minimum atomic E-state index is -0.694. The van der Waals surface area contributed by atoms with Gasteiger partial charge in [-0.2, -0.15) is 0 Å². The number of hydrogen-bond acceptors (Lipinski definition) is 7. The van der Waals surface area contributed by atoms with Crippen LogP contribution in [-0.2, 0) is 16.1 Å². The zero-order valence-electron chi connectivity index (χ0n) is 16.5. The number of pyridine rings is 1. The molecule has 2 saturated heterocycles. The third kappa shape index (κ3) is 5.32. The summed E-state index contributed by atoms with van der Waals surface area (Å²) in [4.78, 5) is 21.2. The van der Waals surface area contributed by atoms with Gasteiger partial charge < -0.3 is 29.7 Å². The standard InChI is InChI=1S/C21H25IN4O4/c22-16-10-19(25-6-8-29-9-7-25)24-20(11-16)26-12-17(18(27)13-26)23-21(28)30-14-15-4-2-1-3-5-15/h1-5,10-11,17-18,27H,6-9,12-14H2,(H,23,28). The molecule has 0 aliphatic carbocycles. The molecule has 0 bridgehead atoms. The van der Waals surface area contributed by atoms with Crippen molar-refractivity contribution in [1.82, 2.24) is 10.3 Å². The van der Waals surface area contributed by atoms with Crippen LogP contribution in [0.5, 0.6) is 0 Å². The minimum Gasteiger partial charge on any atom is -0.445 e. The highest BCUT2D eigenvalue weighted by Gasteiger charge is 2.34. The van der Waals surface area contributed by atoms with E-state index in [2.05, 4.69) is 38.9 Å². The summed E-state index contributed by atoms with van der Waals surface area (Å²) in [5, 5.41) is 13.3. The predicted octanol–water partition coefficient (Wildman–Crippen LogP) is 2.00. The van der Waals surface area contributed by atoms with Gasteiger partial charge in [0.15, 0.2) is 0 Å². The Bertz CT molecular complexity index is 863. The molecule has 8 nitrogen and oxygen atoms in total. The van der Waals surface area contributed by atoms with Gasteiger partial charge in [-0.25, -0.2) is 9.78 Å². The van der Waals surface area contributed by atoms with Crippen LogP contribution in [-0.4, -0.2) is 67.7 Å². The molecule has 2 N–H and O–H groups in total. The van der Waals surface area contributed by atoms with Crippen molar-refractivity contribution in [2.24, 2.45) is 0 Å². The van der Waals surface area contributed by atoms with E-state index in [1.165, 1.54) is 0 Å². The van der Waals surface area contributed by atoms with E-state index in [9.17, 15) is 9.90 Å². The topological polar surface area (TPSA) is 87.2 Å². The molecule has 160 valence electrons. The molecule has 0 radical (unpaired) electrons. The Balaban J connectivity index is 1.36. The van der Waals surface area contributed by atoms with Gasteiger partial charge in [0, 0.05) is 29.7 Å². The Labute approximate surface area is 189 Å². The largest absolute Gasteiger partial charge is 0.445 e. The van der Waals surface area contributed by atoms with Crippen LogP contribution in [0.15, 0.2) is 42.5 Å². The normalized spacial score (nSPS) is 21.5. The first-order valence-electron chi connectivity index (χ1n) is 9.99. The number of aromatic nitrogens is 1. The average molecular weight is 524 g/mol. The number of carbonyl (C=O) groups excluding carboxylic acids is 1. The van der Waals surface area contributed by atoms with Gasteiger partial charge in [-0.05, 0) is 40.3 Å². The number of morpholine rings is 1. The van der Waals surface area contributed by atoms with Crippen LogP contribution < -0.4 is 15.1 Å². The molecule has 3 heterocycles. The molecule has 30 heavy (non-hydrogen) atoms. The van der Waals surface area contributed by atoms with Crippen LogP contribution in [0.2, 0.25) is 0 Å². The van der Waals surface area contributed by atoms with Gasteiger partial charge in [0.1, 0.15) is 18.2 Å². The molecule has 1 amide bonds. The summed E-state index contributed by atoms with van der Waals surface area (Å²) >= 11 is 2.28. The number of ether oxygens (including phenoxy) is 2. The van der Waals surface area contributed by atoms with Crippen molar-refractivity contribution in [2.75, 3.05) is 49.2 Å². The van der Waals surface area contributed by atoms with Gasteiger partial charge in [-0.1, -0.05) is 30.3 Å². The van der Waals surface area contributed by atoms with E-state index in [1.807, 2.05) is 41.3 Å². The first-order chi connectivity index (χ1) is 14.6. The van der Waals surface area contributed by atoms with Crippen molar-refractivity contribution >= 4 is 40.3 Å². The van der Waals surface area contributed by atoms with Crippen LogP contribution >= 0.6 is 22.6 Å². The van der Waals surface area contributed by atoms with Crippen LogP contribution in [0.1, 0.15) is 5.56 Å². The molecule has 2 atom stereocenters. The molecule has 2 aliphatic rings. The van der Waals surface area contributed by atoms with E-state index in [-0.39, 0.29) is 6.61 Å². The summed E-state index contributed by atoms with van der Waals surface area (Å²) in [6.07, 6.45) is -1.23. The number of nitrogens with one attached hydrogen (secondary N) is 1. The lowest BCUT2D eigenvalue weighted by atomic mass is 10.2. The Morgan fingerprint density at radius 1 is 1.17 bits per heavy atom. The predicted molar refractivity (Wildman–Crippen MR) is 122 cm³/mol. The quantitative estimate of drug-likeness (QED) is 0.579. The Morgan fingerprint density at radius 2 is 1.87 bits per heavy atom. The summed E-state index contributed by atoms with van der Waals surface area (Å²) < 4.78 is 11.8. The summed E-state index contributed by atoms with van der Waals surface area (Å²) in [6, 6.07) is 13.1. The number of amides is 1. The number of anilines is 2. The molecule has 9 heteroatoms. The number of hydrogen-bond donors (Lipinski definition) is 2. The van der Waals surface area contributed by atoms with Crippen molar-refractivity contribution < 1.29 is 19.4 Å². The second-order valence-electron chi connectivity index (χ2n) is 7.39. The second kappa shape index (κ2) is 9.80. The highest BCUT2D eigenvalue weighted by Crippen LogP contribution is 2.25. The lowest BCUT2D eigenvalue weighted by Gasteiger charge is -2.29. The third-order valence-corrected chi connectivity index (χ3v) is 5.85. The fraction of sp³-hybridized carbons (Fsp3) is 0.429. The molecule has 2 fully saturated rings. The zero-order valence-corrected chi connectivity index (χ0v) is 18.7. The molecule has 4 rings (SSSR count). The second-order valence-corrected chi connectivity index (χ2v) is 8.63. The van der Waals surface area contributed by atoms with Gasteiger partial charge in [0.2, 0.25) is 0 Å². The van der Waals surface area contributed by atoms with E-state index in [0.717, 1.165) is 33.9 Å². The number of nitrogens with zero attached hydrogens (tertiary/aromatic N) is 3. The van der Waals surface area contributed by atoms with Gasteiger partial charge in [0.05, 0.1) is 25.4 Å². The van der Waals surface area contributed by atoms with Crippen LogP contribution in [0, 0.1) is 3.57 Å². The number of aliphatic hydroxyl groups excluding tert-OH is 1. The highest BCUT2D eigenvalue weighted by atomic mass is 127. The first kappa shape index (κ1) is 21.1. The maximum atomic E-state index is 12.2. The van der Waals surface area contributed by atoms with Crippen molar-refractivity contribution in [3.8, 4) is 0 Å². The van der Waals surface area contributed by atoms with Crippen LogP contribution in [0.4, 0.5) is 16.4 Å². The number of carbonyl (C=O) groups is 1. The first-order valence-corrected chi connectivity index (χ1v) is 11.1. The number of halogens is 1. The number of β-amino-alcohol motifs (C(OH)–C–C–N with tert-alkyl or cyclic N) is 1. The van der Waals surface area contributed by atoms with E-state index in [4.69, 9.17) is 14.5 Å². The SMILES string of the molecule is O=C(NC1CN(c2cc(I)cc(N3CCOCC3)n2)CC1O)OCc1ccccc1. The van der Waals surface area contributed by atoms with Gasteiger partial charge in [-0.3, -0.25) is 0 Å². The van der Waals surface area contributed by atoms with Gasteiger partial charge in [-0.15, -0.1) is 0 Å². The Kier molecular flexibility index (Phi) is 6.90. The molecule has 2 aliphatic heterocycles. The average Bonchev–Trinajstić information content (AvgIpc) is 3.13. The fourth-order valence-corrected chi connectivity index (χ4v) is 4.18. The Morgan fingerprint density at radius 3 is 2.60 bits per heavy atom. The molecule has 2 aromatic rings.